The summed E-state index contributed by atoms with van der Waals surface area (Å²) in [6.07, 6.45) is 8.94. The van der Waals surface area contributed by atoms with E-state index in [1.165, 1.54) is 19.3 Å². The van der Waals surface area contributed by atoms with Gasteiger partial charge in [-0.2, -0.15) is 0 Å². The van der Waals surface area contributed by atoms with Crippen molar-refractivity contribution >= 4 is 17.4 Å². The molecule has 0 bridgehead atoms. The average Bonchev–Trinajstić information content (AvgIpc) is 2.63. The predicted molar refractivity (Wildman–Crippen MR) is 102 cm³/mol. The molecule has 2 heterocycles. The van der Waals surface area contributed by atoms with E-state index in [0.29, 0.717) is 11.9 Å². The first-order valence-electron chi connectivity index (χ1n) is 9.46. The molecule has 1 saturated heterocycles. The normalized spacial score (nSPS) is 21.4. The van der Waals surface area contributed by atoms with Gasteiger partial charge in [-0.25, -0.2) is 4.98 Å². The summed E-state index contributed by atoms with van der Waals surface area (Å²) in [6, 6.07) is 4.60. The van der Waals surface area contributed by atoms with Crippen molar-refractivity contribution in [2.75, 3.05) is 37.4 Å². The van der Waals surface area contributed by atoms with E-state index in [1.807, 2.05) is 18.3 Å². The van der Waals surface area contributed by atoms with Crippen LogP contribution in [0.5, 0.6) is 0 Å². The molecule has 1 aromatic rings. The number of amides is 1. The van der Waals surface area contributed by atoms with Crippen LogP contribution in [0.2, 0.25) is 0 Å². The van der Waals surface area contributed by atoms with Gasteiger partial charge in [-0.15, -0.1) is 0 Å². The van der Waals surface area contributed by atoms with Gasteiger partial charge < -0.3 is 20.9 Å². The Bertz CT molecular complexity index is 572. The lowest BCUT2D eigenvalue weighted by Crippen LogP contribution is -2.52. The Kier molecular flexibility index (Phi) is 5.59. The first kappa shape index (κ1) is 18.1. The molecular weight excluding hydrogens is 314 g/mol. The maximum absolute atomic E-state index is 12.5. The molecule has 3 rings (SSSR count). The minimum absolute atomic E-state index is 0.0979. The molecule has 1 amide bonds. The van der Waals surface area contributed by atoms with Crippen LogP contribution in [-0.2, 0) is 4.79 Å². The van der Waals surface area contributed by atoms with Gasteiger partial charge in [0, 0.05) is 19.1 Å². The van der Waals surface area contributed by atoms with E-state index >= 15 is 0 Å². The number of aromatic nitrogens is 1. The summed E-state index contributed by atoms with van der Waals surface area (Å²) in [6.45, 7) is 2.09. The number of nitrogens with two attached hydrogens (primary N) is 1. The van der Waals surface area contributed by atoms with Crippen LogP contribution in [0, 0.1) is 0 Å². The van der Waals surface area contributed by atoms with E-state index in [1.54, 1.807) is 0 Å². The molecule has 0 radical (unpaired) electrons. The zero-order valence-electron chi connectivity index (χ0n) is 15.5. The fourth-order valence-electron chi connectivity index (χ4n) is 3.94. The largest absolute Gasteiger partial charge is 0.370 e. The van der Waals surface area contributed by atoms with Gasteiger partial charge in [0.2, 0.25) is 5.91 Å². The number of nitrogens with zero attached hydrogens (tertiary/aromatic N) is 3. The number of carbonyl (C=O) groups excluding carboxylic acids is 1. The number of carbonyl (C=O) groups is 1. The van der Waals surface area contributed by atoms with Crippen LogP contribution in [0.3, 0.4) is 0 Å². The Morgan fingerprint density at radius 1 is 1.24 bits per heavy atom. The second-order valence-corrected chi connectivity index (χ2v) is 7.75. The van der Waals surface area contributed by atoms with E-state index in [9.17, 15) is 4.79 Å². The molecule has 1 saturated carbocycles. The van der Waals surface area contributed by atoms with E-state index in [4.69, 9.17) is 5.73 Å². The molecule has 25 heavy (non-hydrogen) atoms. The third kappa shape index (κ3) is 4.30. The summed E-state index contributed by atoms with van der Waals surface area (Å²) in [7, 11) is 4.30. The third-order valence-electron chi connectivity index (χ3n) is 5.75. The van der Waals surface area contributed by atoms with Crippen LogP contribution in [0.15, 0.2) is 18.3 Å². The number of hydrogen-bond acceptors (Lipinski definition) is 5. The van der Waals surface area contributed by atoms with Crippen LogP contribution >= 0.6 is 0 Å². The highest BCUT2D eigenvalue weighted by Gasteiger charge is 2.35. The highest BCUT2D eigenvalue weighted by molar-refractivity contribution is 5.97. The monoisotopic (exact) mass is 345 g/mol. The third-order valence-corrected chi connectivity index (χ3v) is 5.75. The zero-order valence-corrected chi connectivity index (χ0v) is 15.5. The smallest absolute Gasteiger partial charge is 0.245 e. The quantitative estimate of drug-likeness (QED) is 0.875. The maximum Gasteiger partial charge on any atom is 0.245 e. The molecule has 138 valence electrons. The number of hydrogen-bond donors (Lipinski definition) is 2. The van der Waals surface area contributed by atoms with Crippen LogP contribution < -0.4 is 16.0 Å². The van der Waals surface area contributed by atoms with Gasteiger partial charge in [-0.3, -0.25) is 4.79 Å². The van der Waals surface area contributed by atoms with E-state index < -0.39 is 5.54 Å². The summed E-state index contributed by atoms with van der Waals surface area (Å²) in [5.41, 5.74) is 6.67. The fourth-order valence-corrected chi connectivity index (χ4v) is 3.94. The highest BCUT2D eigenvalue weighted by atomic mass is 16.2. The van der Waals surface area contributed by atoms with Gasteiger partial charge in [0.05, 0.1) is 17.4 Å². The highest BCUT2D eigenvalue weighted by Crippen LogP contribution is 2.27. The molecule has 2 fully saturated rings. The molecule has 1 aliphatic heterocycles. The Morgan fingerprint density at radius 2 is 1.92 bits per heavy atom. The van der Waals surface area contributed by atoms with Crippen LogP contribution in [-0.4, -0.2) is 54.6 Å². The van der Waals surface area contributed by atoms with Crippen LogP contribution in [0.1, 0.15) is 44.9 Å². The lowest BCUT2D eigenvalue weighted by Gasteiger charge is -2.36. The van der Waals surface area contributed by atoms with E-state index in [-0.39, 0.29) is 5.91 Å². The Hall–Kier alpha value is -1.66. The van der Waals surface area contributed by atoms with Gasteiger partial charge in [0.1, 0.15) is 5.82 Å². The Labute approximate surface area is 150 Å². The maximum atomic E-state index is 12.5. The van der Waals surface area contributed by atoms with Crippen molar-refractivity contribution in [3.63, 3.8) is 0 Å². The van der Waals surface area contributed by atoms with E-state index in [0.717, 1.165) is 44.5 Å². The second-order valence-electron chi connectivity index (χ2n) is 7.75. The van der Waals surface area contributed by atoms with Crippen molar-refractivity contribution in [3.05, 3.63) is 18.3 Å². The summed E-state index contributed by atoms with van der Waals surface area (Å²) >= 11 is 0. The molecule has 6 heteroatoms. The number of pyridine rings is 1. The molecule has 1 aliphatic carbocycles. The van der Waals surface area contributed by atoms with Crippen molar-refractivity contribution in [2.45, 2.75) is 56.5 Å². The van der Waals surface area contributed by atoms with Gasteiger partial charge in [0.15, 0.2) is 0 Å². The summed E-state index contributed by atoms with van der Waals surface area (Å²) in [5.74, 6) is 0.492. The lowest BCUT2D eigenvalue weighted by molar-refractivity contribution is -0.122. The van der Waals surface area contributed by atoms with Crippen molar-refractivity contribution in [2.24, 2.45) is 5.73 Å². The Morgan fingerprint density at radius 3 is 2.48 bits per heavy atom. The molecule has 0 aromatic carbocycles. The van der Waals surface area contributed by atoms with E-state index in [2.05, 4.69) is 34.2 Å². The first-order valence-corrected chi connectivity index (χ1v) is 9.46. The lowest BCUT2D eigenvalue weighted by atomic mass is 9.82. The molecular formula is C19H31N5O. The summed E-state index contributed by atoms with van der Waals surface area (Å²) in [5, 5.41) is 2.90. The Balaban J connectivity index is 1.56. The number of piperidine rings is 1. The summed E-state index contributed by atoms with van der Waals surface area (Å²) in [4.78, 5) is 21.6. The predicted octanol–water partition coefficient (Wildman–Crippen LogP) is 2.21. The van der Waals surface area contributed by atoms with Crippen molar-refractivity contribution < 1.29 is 4.79 Å². The standard InChI is InChI=1S/C19H31N5O/c1-23(2)15-8-12-24(13-9-15)16-6-7-17(21-14-16)22-18(25)19(20)10-4-3-5-11-19/h6-7,14-15H,3-5,8-13,20H2,1-2H3,(H,21,22,25). The number of nitrogens with one attached hydrogen (secondary N) is 1. The number of rotatable bonds is 4. The molecule has 0 spiro atoms. The minimum atomic E-state index is -0.730. The van der Waals surface area contributed by atoms with Crippen LogP contribution in [0.4, 0.5) is 11.5 Å². The first-order chi connectivity index (χ1) is 12.0. The second kappa shape index (κ2) is 7.70. The fraction of sp³-hybridized carbons (Fsp3) is 0.684. The molecule has 0 unspecified atom stereocenters. The van der Waals surface area contributed by atoms with Gasteiger partial charge in [-0.1, -0.05) is 19.3 Å². The SMILES string of the molecule is CN(C)C1CCN(c2ccc(NC(=O)C3(N)CCCCC3)nc2)CC1. The summed E-state index contributed by atoms with van der Waals surface area (Å²) < 4.78 is 0. The van der Waals surface area contributed by atoms with Gasteiger partial charge >= 0.3 is 0 Å². The van der Waals surface area contributed by atoms with Crippen molar-refractivity contribution in [1.82, 2.24) is 9.88 Å². The molecule has 0 atom stereocenters. The van der Waals surface area contributed by atoms with Crippen molar-refractivity contribution in [3.8, 4) is 0 Å². The molecule has 3 N–H and O–H groups in total. The molecule has 2 aliphatic rings. The minimum Gasteiger partial charge on any atom is -0.370 e. The molecule has 1 aromatic heterocycles. The van der Waals surface area contributed by atoms with Crippen LogP contribution in [0.25, 0.3) is 0 Å². The average molecular weight is 345 g/mol. The topological polar surface area (TPSA) is 74.5 Å². The molecule has 6 nitrogen and oxygen atoms in total. The van der Waals surface area contributed by atoms with Crippen molar-refractivity contribution in [1.29, 1.82) is 0 Å². The van der Waals surface area contributed by atoms with Gasteiger partial charge in [-0.05, 0) is 51.9 Å². The number of anilines is 2. The van der Waals surface area contributed by atoms with Gasteiger partial charge in [0.25, 0.3) is 0 Å². The zero-order chi connectivity index (χ0) is 17.9.